The molecular weight excluding hydrogens is 220 g/mol. The highest BCUT2D eigenvalue weighted by Crippen LogP contribution is 2.34. The van der Waals surface area contributed by atoms with E-state index in [9.17, 15) is 10.2 Å². The summed E-state index contributed by atoms with van der Waals surface area (Å²) in [6.45, 7) is 4.59. The number of hydrogen-bond donors (Lipinski definition) is 2. The average Bonchev–Trinajstić information content (AvgIpc) is 2.31. The zero-order valence-corrected chi connectivity index (χ0v) is 10.1. The van der Waals surface area contributed by atoms with Crippen molar-refractivity contribution in [2.24, 2.45) is 5.41 Å². The number of ether oxygens (including phenoxy) is 2. The highest BCUT2D eigenvalue weighted by Gasteiger charge is 2.37. The van der Waals surface area contributed by atoms with Crippen molar-refractivity contribution >= 4 is 0 Å². The van der Waals surface area contributed by atoms with E-state index >= 15 is 0 Å². The lowest BCUT2D eigenvalue weighted by molar-refractivity contribution is -0.247. The van der Waals surface area contributed by atoms with Crippen molar-refractivity contribution < 1.29 is 19.7 Å². The molecule has 2 N–H and O–H groups in total. The number of aromatic hydroxyl groups is 1. The molecule has 4 heteroatoms. The Morgan fingerprint density at radius 1 is 1.24 bits per heavy atom. The summed E-state index contributed by atoms with van der Waals surface area (Å²) in [7, 11) is 0. The Balaban J connectivity index is 2.02. The molecule has 1 heterocycles. The first-order chi connectivity index (χ1) is 8.01. The standard InChI is InChI=1S/C13H18O4/c1-9(14)13(2)7-16-12(17-8-13)10-3-5-11(15)6-4-10/h3-6,9,12,14-15H,7-8H2,1-2H3. The van der Waals surface area contributed by atoms with Gasteiger partial charge in [0.05, 0.1) is 19.3 Å². The van der Waals surface area contributed by atoms with Crippen molar-refractivity contribution in [3.05, 3.63) is 29.8 Å². The van der Waals surface area contributed by atoms with E-state index in [0.29, 0.717) is 13.2 Å². The monoisotopic (exact) mass is 238 g/mol. The molecule has 1 aromatic rings. The molecule has 0 spiro atoms. The number of benzene rings is 1. The summed E-state index contributed by atoms with van der Waals surface area (Å²) in [5, 5.41) is 18.8. The van der Waals surface area contributed by atoms with Gasteiger partial charge in [-0.25, -0.2) is 0 Å². The first-order valence-corrected chi connectivity index (χ1v) is 5.71. The Morgan fingerprint density at radius 2 is 1.76 bits per heavy atom. The molecule has 1 aromatic carbocycles. The van der Waals surface area contributed by atoms with Crippen molar-refractivity contribution in [2.75, 3.05) is 13.2 Å². The summed E-state index contributed by atoms with van der Waals surface area (Å²) >= 11 is 0. The van der Waals surface area contributed by atoms with Gasteiger partial charge in [-0.15, -0.1) is 0 Å². The Morgan fingerprint density at radius 3 is 2.24 bits per heavy atom. The van der Waals surface area contributed by atoms with Crippen molar-refractivity contribution in [3.63, 3.8) is 0 Å². The predicted molar refractivity (Wildman–Crippen MR) is 62.5 cm³/mol. The second kappa shape index (κ2) is 4.64. The van der Waals surface area contributed by atoms with Crippen molar-refractivity contribution in [1.29, 1.82) is 0 Å². The van der Waals surface area contributed by atoms with Gasteiger partial charge in [-0.2, -0.15) is 0 Å². The minimum Gasteiger partial charge on any atom is -0.508 e. The summed E-state index contributed by atoms with van der Waals surface area (Å²) in [6, 6.07) is 6.74. The van der Waals surface area contributed by atoms with Crippen LogP contribution in [0.5, 0.6) is 5.75 Å². The van der Waals surface area contributed by atoms with Gasteiger partial charge in [-0.1, -0.05) is 19.1 Å². The Bertz CT molecular complexity index is 364. The Kier molecular flexibility index (Phi) is 3.38. The molecule has 1 aliphatic heterocycles. The summed E-state index contributed by atoms with van der Waals surface area (Å²) in [6.07, 6.45) is -0.884. The molecule has 1 saturated heterocycles. The van der Waals surface area contributed by atoms with E-state index in [-0.39, 0.29) is 11.2 Å². The van der Waals surface area contributed by atoms with Crippen LogP contribution in [0.4, 0.5) is 0 Å². The van der Waals surface area contributed by atoms with Crippen LogP contribution in [0.3, 0.4) is 0 Å². The third kappa shape index (κ3) is 2.60. The molecule has 0 bridgehead atoms. The lowest BCUT2D eigenvalue weighted by atomic mass is 9.86. The molecular formula is C13H18O4. The van der Waals surface area contributed by atoms with Crippen LogP contribution in [0.1, 0.15) is 25.7 Å². The fourth-order valence-electron chi connectivity index (χ4n) is 1.69. The highest BCUT2D eigenvalue weighted by molar-refractivity contribution is 5.26. The molecule has 0 radical (unpaired) electrons. The average molecular weight is 238 g/mol. The van der Waals surface area contributed by atoms with Crippen molar-refractivity contribution in [3.8, 4) is 5.75 Å². The molecule has 0 aliphatic carbocycles. The van der Waals surface area contributed by atoms with Gasteiger partial charge in [0.15, 0.2) is 6.29 Å². The summed E-state index contributed by atoms with van der Waals surface area (Å²) in [4.78, 5) is 0. The van der Waals surface area contributed by atoms with Crippen molar-refractivity contribution in [2.45, 2.75) is 26.2 Å². The molecule has 1 aliphatic rings. The van der Waals surface area contributed by atoms with Gasteiger partial charge < -0.3 is 19.7 Å². The minimum atomic E-state index is -0.469. The Hall–Kier alpha value is -1.10. The van der Waals surface area contributed by atoms with Gasteiger partial charge in [-0.05, 0) is 19.1 Å². The first-order valence-electron chi connectivity index (χ1n) is 5.71. The largest absolute Gasteiger partial charge is 0.508 e. The van der Waals surface area contributed by atoms with E-state index in [2.05, 4.69) is 0 Å². The van der Waals surface area contributed by atoms with Gasteiger partial charge in [0.25, 0.3) is 0 Å². The number of rotatable bonds is 2. The van der Waals surface area contributed by atoms with E-state index in [4.69, 9.17) is 9.47 Å². The normalized spacial score (nSPS) is 31.1. The SMILES string of the molecule is CC(O)C1(C)COC(c2ccc(O)cc2)OC1. The van der Waals surface area contributed by atoms with Gasteiger partial charge >= 0.3 is 0 Å². The Labute approximate surface area is 101 Å². The van der Waals surface area contributed by atoms with E-state index in [1.165, 1.54) is 0 Å². The van der Waals surface area contributed by atoms with Gasteiger partial charge in [0.1, 0.15) is 5.75 Å². The zero-order valence-electron chi connectivity index (χ0n) is 10.1. The zero-order chi connectivity index (χ0) is 12.5. The van der Waals surface area contributed by atoms with Gasteiger partial charge in [0.2, 0.25) is 0 Å². The molecule has 2 rings (SSSR count). The van der Waals surface area contributed by atoms with Crippen molar-refractivity contribution in [1.82, 2.24) is 0 Å². The van der Waals surface area contributed by atoms with Gasteiger partial charge in [-0.3, -0.25) is 0 Å². The number of phenolic OH excluding ortho intramolecular Hbond substituents is 1. The van der Waals surface area contributed by atoms with Crippen LogP contribution in [-0.4, -0.2) is 29.5 Å². The maximum Gasteiger partial charge on any atom is 0.183 e. The predicted octanol–water partition coefficient (Wildman–Crippen LogP) is 1.82. The molecule has 0 amide bonds. The number of aliphatic hydroxyl groups excluding tert-OH is 1. The van der Waals surface area contributed by atoms with E-state index in [1.807, 2.05) is 6.92 Å². The van der Waals surface area contributed by atoms with Crippen LogP contribution in [0, 0.1) is 5.41 Å². The van der Waals surface area contributed by atoms with Gasteiger partial charge in [0, 0.05) is 11.0 Å². The smallest absolute Gasteiger partial charge is 0.183 e. The van der Waals surface area contributed by atoms with Crippen LogP contribution in [0.25, 0.3) is 0 Å². The third-order valence-corrected chi connectivity index (χ3v) is 3.30. The molecule has 1 fully saturated rings. The molecule has 94 valence electrons. The molecule has 1 unspecified atom stereocenters. The highest BCUT2D eigenvalue weighted by atomic mass is 16.7. The van der Waals surface area contributed by atoms with Crippen LogP contribution >= 0.6 is 0 Å². The van der Waals surface area contributed by atoms with E-state index < -0.39 is 12.4 Å². The molecule has 4 nitrogen and oxygen atoms in total. The maximum atomic E-state index is 9.64. The summed E-state index contributed by atoms with van der Waals surface area (Å²) < 4.78 is 11.2. The quantitative estimate of drug-likeness (QED) is 0.825. The number of phenols is 1. The van der Waals surface area contributed by atoms with Crippen LogP contribution in [-0.2, 0) is 9.47 Å². The fourth-order valence-corrected chi connectivity index (χ4v) is 1.69. The fraction of sp³-hybridized carbons (Fsp3) is 0.538. The van der Waals surface area contributed by atoms with Crippen LogP contribution < -0.4 is 0 Å². The third-order valence-electron chi connectivity index (χ3n) is 3.30. The summed E-state index contributed by atoms with van der Waals surface area (Å²) in [5.41, 5.74) is 0.517. The molecule has 0 saturated carbocycles. The molecule has 17 heavy (non-hydrogen) atoms. The first kappa shape index (κ1) is 12.4. The lowest BCUT2D eigenvalue weighted by Crippen LogP contribution is -2.43. The van der Waals surface area contributed by atoms with Crippen LogP contribution in [0.2, 0.25) is 0 Å². The van der Waals surface area contributed by atoms with E-state index in [1.54, 1.807) is 31.2 Å². The second-order valence-electron chi connectivity index (χ2n) is 4.88. The topological polar surface area (TPSA) is 58.9 Å². The number of aliphatic hydroxyl groups is 1. The molecule has 0 aromatic heterocycles. The molecule has 1 atom stereocenters. The minimum absolute atomic E-state index is 0.221. The maximum absolute atomic E-state index is 9.64. The second-order valence-corrected chi connectivity index (χ2v) is 4.88. The summed E-state index contributed by atoms with van der Waals surface area (Å²) in [5.74, 6) is 0.221. The van der Waals surface area contributed by atoms with E-state index in [0.717, 1.165) is 5.56 Å². The number of hydrogen-bond acceptors (Lipinski definition) is 4. The lowest BCUT2D eigenvalue weighted by Gasteiger charge is -2.39. The van der Waals surface area contributed by atoms with Crippen LogP contribution in [0.15, 0.2) is 24.3 Å².